The van der Waals surface area contributed by atoms with Crippen LogP contribution in [0.1, 0.15) is 50.9 Å². The van der Waals surface area contributed by atoms with E-state index in [1.54, 1.807) is 6.20 Å². The Morgan fingerprint density at radius 3 is 2.35 bits per heavy atom. The molecule has 0 bridgehead atoms. The number of aromatic nitrogens is 1. The van der Waals surface area contributed by atoms with Gasteiger partial charge in [-0.15, -0.1) is 0 Å². The van der Waals surface area contributed by atoms with E-state index in [1.165, 1.54) is 0 Å². The zero-order valence-corrected chi connectivity index (χ0v) is 13.3. The third kappa shape index (κ3) is 4.22. The highest BCUT2D eigenvalue weighted by Gasteiger charge is 2.23. The SMILES string of the molecule is CCC(CC)N(CC(C)C)C(=O)c1ccc(NC)nc1. The molecule has 0 aromatic carbocycles. The summed E-state index contributed by atoms with van der Waals surface area (Å²) in [6, 6.07) is 3.98. The predicted molar refractivity (Wildman–Crippen MR) is 84.0 cm³/mol. The van der Waals surface area contributed by atoms with Gasteiger partial charge in [-0.05, 0) is 30.9 Å². The van der Waals surface area contributed by atoms with Crippen molar-refractivity contribution < 1.29 is 4.79 Å². The average molecular weight is 277 g/mol. The van der Waals surface area contributed by atoms with Crippen molar-refractivity contribution in [3.63, 3.8) is 0 Å². The fraction of sp³-hybridized carbons (Fsp3) is 0.625. The van der Waals surface area contributed by atoms with Crippen molar-refractivity contribution in [1.82, 2.24) is 9.88 Å². The third-order valence-corrected chi connectivity index (χ3v) is 3.47. The lowest BCUT2D eigenvalue weighted by molar-refractivity contribution is 0.0640. The number of pyridine rings is 1. The summed E-state index contributed by atoms with van der Waals surface area (Å²) in [6.45, 7) is 9.35. The molecule has 1 amide bonds. The minimum absolute atomic E-state index is 0.0857. The molecule has 0 aliphatic rings. The van der Waals surface area contributed by atoms with Gasteiger partial charge in [0.25, 0.3) is 5.91 Å². The first-order valence-electron chi connectivity index (χ1n) is 7.48. The highest BCUT2D eigenvalue weighted by molar-refractivity contribution is 5.94. The molecule has 1 N–H and O–H groups in total. The van der Waals surface area contributed by atoms with Crippen LogP contribution in [0, 0.1) is 5.92 Å². The second-order valence-corrected chi connectivity index (χ2v) is 5.50. The molecular formula is C16H27N3O. The summed E-state index contributed by atoms with van der Waals surface area (Å²) in [6.07, 6.45) is 3.62. The molecule has 0 unspecified atom stereocenters. The Morgan fingerprint density at radius 1 is 1.30 bits per heavy atom. The van der Waals surface area contributed by atoms with Gasteiger partial charge in [0.15, 0.2) is 0 Å². The van der Waals surface area contributed by atoms with E-state index in [9.17, 15) is 4.79 Å². The van der Waals surface area contributed by atoms with E-state index in [-0.39, 0.29) is 5.91 Å². The Hall–Kier alpha value is -1.58. The first-order valence-corrected chi connectivity index (χ1v) is 7.48. The quantitative estimate of drug-likeness (QED) is 0.830. The largest absolute Gasteiger partial charge is 0.373 e. The molecule has 0 aliphatic heterocycles. The smallest absolute Gasteiger partial charge is 0.255 e. The van der Waals surface area contributed by atoms with Gasteiger partial charge >= 0.3 is 0 Å². The summed E-state index contributed by atoms with van der Waals surface area (Å²) in [7, 11) is 1.82. The summed E-state index contributed by atoms with van der Waals surface area (Å²) < 4.78 is 0. The first kappa shape index (κ1) is 16.5. The van der Waals surface area contributed by atoms with Crippen LogP contribution in [0.5, 0.6) is 0 Å². The fourth-order valence-electron chi connectivity index (χ4n) is 2.35. The minimum Gasteiger partial charge on any atom is -0.373 e. The second kappa shape index (κ2) is 7.88. The van der Waals surface area contributed by atoms with Crippen LogP contribution in [0.3, 0.4) is 0 Å². The van der Waals surface area contributed by atoms with Crippen LogP contribution in [0.4, 0.5) is 5.82 Å². The summed E-state index contributed by atoms with van der Waals surface area (Å²) in [5.41, 5.74) is 0.663. The molecule has 1 aromatic heterocycles. The van der Waals surface area contributed by atoms with Gasteiger partial charge in [-0.25, -0.2) is 4.98 Å². The number of rotatable bonds is 7. The Labute approximate surface area is 122 Å². The van der Waals surface area contributed by atoms with Crippen molar-refractivity contribution in [1.29, 1.82) is 0 Å². The molecule has 0 atom stereocenters. The lowest BCUT2D eigenvalue weighted by Gasteiger charge is -2.32. The number of anilines is 1. The highest BCUT2D eigenvalue weighted by atomic mass is 16.2. The molecule has 4 nitrogen and oxygen atoms in total. The minimum atomic E-state index is 0.0857. The van der Waals surface area contributed by atoms with Crippen LogP contribution in [0.2, 0.25) is 0 Å². The number of carbonyl (C=O) groups is 1. The lowest BCUT2D eigenvalue weighted by atomic mass is 10.1. The Bertz CT molecular complexity index is 410. The summed E-state index contributed by atoms with van der Waals surface area (Å²) in [5, 5.41) is 2.96. The van der Waals surface area contributed by atoms with Crippen molar-refractivity contribution in [2.75, 3.05) is 18.9 Å². The molecular weight excluding hydrogens is 250 g/mol. The van der Waals surface area contributed by atoms with Gasteiger partial charge in [-0.1, -0.05) is 27.7 Å². The zero-order chi connectivity index (χ0) is 15.1. The van der Waals surface area contributed by atoms with Gasteiger partial charge in [0.2, 0.25) is 0 Å². The van der Waals surface area contributed by atoms with Gasteiger partial charge in [-0.2, -0.15) is 0 Å². The summed E-state index contributed by atoms with van der Waals surface area (Å²) in [4.78, 5) is 18.9. The van der Waals surface area contributed by atoms with Gasteiger partial charge in [0.1, 0.15) is 5.82 Å². The van der Waals surface area contributed by atoms with E-state index in [2.05, 4.69) is 38.0 Å². The van der Waals surface area contributed by atoms with Crippen LogP contribution in [0.15, 0.2) is 18.3 Å². The van der Waals surface area contributed by atoms with Gasteiger partial charge in [-0.3, -0.25) is 4.79 Å². The van der Waals surface area contributed by atoms with Crippen molar-refractivity contribution in [3.05, 3.63) is 23.9 Å². The van der Waals surface area contributed by atoms with Crippen LogP contribution >= 0.6 is 0 Å². The molecule has 0 spiro atoms. The van der Waals surface area contributed by atoms with E-state index in [0.717, 1.165) is 25.2 Å². The molecule has 1 aromatic rings. The maximum atomic E-state index is 12.7. The van der Waals surface area contributed by atoms with Crippen LogP contribution in [-0.2, 0) is 0 Å². The zero-order valence-electron chi connectivity index (χ0n) is 13.3. The van der Waals surface area contributed by atoms with Gasteiger partial charge in [0, 0.05) is 25.8 Å². The van der Waals surface area contributed by atoms with Crippen LogP contribution in [-0.4, -0.2) is 35.4 Å². The fourth-order valence-corrected chi connectivity index (χ4v) is 2.35. The van der Waals surface area contributed by atoms with E-state index in [0.29, 0.717) is 17.5 Å². The normalized spacial score (nSPS) is 10.9. The molecule has 1 rings (SSSR count). The summed E-state index contributed by atoms with van der Waals surface area (Å²) in [5.74, 6) is 1.33. The number of nitrogens with one attached hydrogen (secondary N) is 1. The molecule has 0 saturated heterocycles. The third-order valence-electron chi connectivity index (χ3n) is 3.47. The topological polar surface area (TPSA) is 45.2 Å². The predicted octanol–water partition coefficient (Wildman–Crippen LogP) is 3.41. The molecule has 20 heavy (non-hydrogen) atoms. The maximum absolute atomic E-state index is 12.7. The number of hydrogen-bond acceptors (Lipinski definition) is 3. The molecule has 0 fully saturated rings. The van der Waals surface area contributed by atoms with E-state index >= 15 is 0 Å². The van der Waals surface area contributed by atoms with Crippen molar-refractivity contribution >= 4 is 11.7 Å². The van der Waals surface area contributed by atoms with E-state index < -0.39 is 0 Å². The Morgan fingerprint density at radius 2 is 1.95 bits per heavy atom. The van der Waals surface area contributed by atoms with Crippen LogP contribution in [0.25, 0.3) is 0 Å². The van der Waals surface area contributed by atoms with Gasteiger partial charge < -0.3 is 10.2 Å². The van der Waals surface area contributed by atoms with E-state index in [4.69, 9.17) is 0 Å². The lowest BCUT2D eigenvalue weighted by Crippen LogP contribution is -2.42. The molecule has 0 saturated carbocycles. The molecule has 112 valence electrons. The number of nitrogens with zero attached hydrogens (tertiary/aromatic N) is 2. The maximum Gasteiger partial charge on any atom is 0.255 e. The number of hydrogen-bond donors (Lipinski definition) is 1. The van der Waals surface area contributed by atoms with Crippen LogP contribution < -0.4 is 5.32 Å². The molecule has 1 heterocycles. The summed E-state index contributed by atoms with van der Waals surface area (Å²) >= 11 is 0. The first-order chi connectivity index (χ1) is 9.53. The average Bonchev–Trinajstić information content (AvgIpc) is 2.46. The van der Waals surface area contributed by atoms with Crippen molar-refractivity contribution in [3.8, 4) is 0 Å². The Balaban J connectivity index is 2.95. The number of carbonyl (C=O) groups excluding carboxylic acids is 1. The van der Waals surface area contributed by atoms with Crippen molar-refractivity contribution in [2.45, 2.75) is 46.6 Å². The number of amides is 1. The molecule has 0 aliphatic carbocycles. The highest BCUT2D eigenvalue weighted by Crippen LogP contribution is 2.16. The van der Waals surface area contributed by atoms with E-state index in [1.807, 2.05) is 24.1 Å². The monoisotopic (exact) mass is 277 g/mol. The second-order valence-electron chi connectivity index (χ2n) is 5.50. The van der Waals surface area contributed by atoms with Crippen molar-refractivity contribution in [2.24, 2.45) is 5.92 Å². The molecule has 0 radical (unpaired) electrons. The molecule has 4 heteroatoms. The standard InChI is InChI=1S/C16H27N3O/c1-6-14(7-2)19(11-12(3)4)16(20)13-8-9-15(17-5)18-10-13/h8-10,12,14H,6-7,11H2,1-5H3,(H,17,18). The Kier molecular flexibility index (Phi) is 6.49. The van der Waals surface area contributed by atoms with Gasteiger partial charge in [0.05, 0.1) is 5.56 Å².